The average molecular weight is 285 g/mol. The Balaban J connectivity index is 2.08. The van der Waals surface area contributed by atoms with Gasteiger partial charge in [-0.25, -0.2) is 0 Å². The summed E-state index contributed by atoms with van der Waals surface area (Å²) in [5.74, 6) is 0. The van der Waals surface area contributed by atoms with Crippen LogP contribution in [0, 0.1) is 6.92 Å². The second-order valence-electron chi connectivity index (χ2n) is 5.46. The van der Waals surface area contributed by atoms with E-state index in [1.54, 1.807) is 0 Å². The molecule has 0 fully saturated rings. The minimum absolute atomic E-state index is 0.882. The van der Waals surface area contributed by atoms with E-state index in [9.17, 15) is 0 Å². The van der Waals surface area contributed by atoms with E-state index in [1.807, 2.05) is 42.6 Å². The summed E-state index contributed by atoms with van der Waals surface area (Å²) in [5.41, 5.74) is 6.05. The number of nitrogens with zero attached hydrogens (tertiary/aromatic N) is 1. The molecular weight excluding hydrogens is 270 g/mol. The SMILES string of the molecule is C=Cc1cc2oc3ccccc3c2cc1-c1cc(C)ccn1. The topological polar surface area (TPSA) is 26.0 Å². The maximum absolute atomic E-state index is 5.94. The first-order valence-electron chi connectivity index (χ1n) is 7.27. The predicted octanol–water partition coefficient (Wildman–Crippen LogP) is 5.60. The molecule has 0 unspecified atom stereocenters. The summed E-state index contributed by atoms with van der Waals surface area (Å²) >= 11 is 0. The van der Waals surface area contributed by atoms with Crippen LogP contribution in [0.3, 0.4) is 0 Å². The molecular formula is C20H15NO. The highest BCUT2D eigenvalue weighted by Gasteiger charge is 2.12. The number of pyridine rings is 1. The van der Waals surface area contributed by atoms with Crippen molar-refractivity contribution < 1.29 is 4.42 Å². The van der Waals surface area contributed by atoms with Crippen molar-refractivity contribution in [3.05, 3.63) is 72.4 Å². The maximum Gasteiger partial charge on any atom is 0.136 e. The van der Waals surface area contributed by atoms with E-state index in [-0.39, 0.29) is 0 Å². The summed E-state index contributed by atoms with van der Waals surface area (Å²) in [7, 11) is 0. The van der Waals surface area contributed by atoms with Gasteiger partial charge >= 0.3 is 0 Å². The molecule has 0 aliphatic rings. The van der Waals surface area contributed by atoms with E-state index >= 15 is 0 Å². The summed E-state index contributed by atoms with van der Waals surface area (Å²) < 4.78 is 5.94. The molecule has 4 aromatic rings. The molecule has 0 bridgehead atoms. The van der Waals surface area contributed by atoms with Crippen molar-refractivity contribution in [2.24, 2.45) is 0 Å². The van der Waals surface area contributed by atoms with E-state index in [0.29, 0.717) is 0 Å². The fourth-order valence-electron chi connectivity index (χ4n) is 2.86. The van der Waals surface area contributed by atoms with Gasteiger partial charge in [0.05, 0.1) is 5.69 Å². The number of furan rings is 1. The summed E-state index contributed by atoms with van der Waals surface area (Å²) in [4.78, 5) is 4.51. The Morgan fingerprint density at radius 1 is 1.00 bits per heavy atom. The van der Waals surface area contributed by atoms with Crippen LogP contribution in [0.1, 0.15) is 11.1 Å². The van der Waals surface area contributed by atoms with E-state index in [4.69, 9.17) is 4.42 Å². The Kier molecular flexibility index (Phi) is 2.83. The van der Waals surface area contributed by atoms with Crippen LogP contribution in [0.25, 0.3) is 39.3 Å². The van der Waals surface area contributed by atoms with Gasteiger partial charge in [0.1, 0.15) is 11.2 Å². The quantitative estimate of drug-likeness (QED) is 0.479. The zero-order chi connectivity index (χ0) is 15.1. The van der Waals surface area contributed by atoms with Crippen LogP contribution in [0.5, 0.6) is 0 Å². The van der Waals surface area contributed by atoms with Crippen molar-refractivity contribution in [3.63, 3.8) is 0 Å². The molecule has 2 aromatic carbocycles. The van der Waals surface area contributed by atoms with E-state index in [1.165, 1.54) is 5.56 Å². The van der Waals surface area contributed by atoms with Crippen LogP contribution in [0.15, 0.2) is 65.7 Å². The molecule has 106 valence electrons. The summed E-state index contributed by atoms with van der Waals surface area (Å²) in [5, 5.41) is 2.24. The number of aromatic nitrogens is 1. The van der Waals surface area contributed by atoms with Gasteiger partial charge in [-0.2, -0.15) is 0 Å². The van der Waals surface area contributed by atoms with Gasteiger partial charge in [-0.05, 0) is 48.4 Å². The van der Waals surface area contributed by atoms with Gasteiger partial charge in [-0.15, -0.1) is 0 Å². The maximum atomic E-state index is 5.94. The lowest BCUT2D eigenvalue weighted by Gasteiger charge is -2.07. The molecule has 0 spiro atoms. The van der Waals surface area contributed by atoms with Crippen LogP contribution in [-0.4, -0.2) is 4.98 Å². The third-order valence-electron chi connectivity index (χ3n) is 3.96. The Morgan fingerprint density at radius 2 is 1.86 bits per heavy atom. The number of aryl methyl sites for hydroxylation is 1. The van der Waals surface area contributed by atoms with Gasteiger partial charge in [0.25, 0.3) is 0 Å². The van der Waals surface area contributed by atoms with Crippen molar-refractivity contribution in [1.82, 2.24) is 4.98 Å². The lowest BCUT2D eigenvalue weighted by Crippen LogP contribution is -1.88. The van der Waals surface area contributed by atoms with Gasteiger partial charge in [-0.1, -0.05) is 30.9 Å². The molecule has 0 aliphatic heterocycles. The van der Waals surface area contributed by atoms with Crippen LogP contribution in [0.4, 0.5) is 0 Å². The van der Waals surface area contributed by atoms with Crippen molar-refractivity contribution >= 4 is 28.0 Å². The molecule has 2 nitrogen and oxygen atoms in total. The molecule has 0 N–H and O–H groups in total. The number of hydrogen-bond donors (Lipinski definition) is 0. The Morgan fingerprint density at radius 3 is 2.68 bits per heavy atom. The molecule has 2 heterocycles. The number of fused-ring (bicyclic) bond motifs is 3. The predicted molar refractivity (Wildman–Crippen MR) is 91.8 cm³/mol. The first kappa shape index (κ1) is 12.8. The van der Waals surface area contributed by atoms with Crippen LogP contribution in [-0.2, 0) is 0 Å². The number of para-hydroxylation sites is 1. The van der Waals surface area contributed by atoms with Crippen molar-refractivity contribution in [3.8, 4) is 11.3 Å². The van der Waals surface area contributed by atoms with Crippen molar-refractivity contribution in [1.29, 1.82) is 0 Å². The van der Waals surface area contributed by atoms with Crippen molar-refractivity contribution in [2.45, 2.75) is 6.92 Å². The fraction of sp³-hybridized carbons (Fsp3) is 0.0500. The number of hydrogen-bond acceptors (Lipinski definition) is 2. The van der Waals surface area contributed by atoms with Crippen molar-refractivity contribution in [2.75, 3.05) is 0 Å². The Hall–Kier alpha value is -2.87. The summed E-state index contributed by atoms with van der Waals surface area (Å²) in [6.07, 6.45) is 3.70. The highest BCUT2D eigenvalue weighted by atomic mass is 16.3. The highest BCUT2D eigenvalue weighted by Crippen LogP contribution is 2.34. The van der Waals surface area contributed by atoms with Gasteiger partial charge in [0.15, 0.2) is 0 Å². The van der Waals surface area contributed by atoms with E-state index < -0.39 is 0 Å². The molecule has 0 saturated carbocycles. The normalized spacial score (nSPS) is 11.1. The van der Waals surface area contributed by atoms with Gasteiger partial charge in [-0.3, -0.25) is 4.98 Å². The fourth-order valence-corrected chi connectivity index (χ4v) is 2.86. The summed E-state index contributed by atoms with van der Waals surface area (Å²) in [6.45, 7) is 6.00. The molecule has 0 atom stereocenters. The smallest absolute Gasteiger partial charge is 0.136 e. The highest BCUT2D eigenvalue weighted by molar-refractivity contribution is 6.07. The minimum atomic E-state index is 0.882. The molecule has 0 aliphatic carbocycles. The Bertz CT molecular complexity index is 1010. The molecule has 22 heavy (non-hydrogen) atoms. The molecule has 4 rings (SSSR count). The van der Waals surface area contributed by atoms with Crippen LogP contribution in [0.2, 0.25) is 0 Å². The van der Waals surface area contributed by atoms with Crippen LogP contribution >= 0.6 is 0 Å². The molecule has 0 radical (unpaired) electrons. The van der Waals surface area contributed by atoms with E-state index in [0.717, 1.165) is 38.8 Å². The molecule has 0 amide bonds. The number of benzene rings is 2. The summed E-state index contributed by atoms with van der Waals surface area (Å²) in [6, 6.07) is 16.4. The monoisotopic (exact) mass is 285 g/mol. The lowest BCUT2D eigenvalue weighted by atomic mass is 9.99. The molecule has 2 heteroatoms. The van der Waals surface area contributed by atoms with Crippen LogP contribution < -0.4 is 0 Å². The molecule has 2 aromatic heterocycles. The lowest BCUT2D eigenvalue weighted by molar-refractivity contribution is 0.669. The minimum Gasteiger partial charge on any atom is -0.456 e. The zero-order valence-electron chi connectivity index (χ0n) is 12.3. The second kappa shape index (κ2) is 4.85. The van der Waals surface area contributed by atoms with Gasteiger partial charge in [0.2, 0.25) is 0 Å². The standard InChI is InChI=1S/C20H15NO/c1-3-14-11-20-17(15-6-4-5-7-19(15)22-20)12-16(14)18-10-13(2)8-9-21-18/h3-12H,1H2,2H3. The Labute approximate surface area is 128 Å². The third-order valence-corrected chi connectivity index (χ3v) is 3.96. The second-order valence-corrected chi connectivity index (χ2v) is 5.46. The zero-order valence-corrected chi connectivity index (χ0v) is 12.3. The molecule has 0 saturated heterocycles. The van der Waals surface area contributed by atoms with E-state index in [2.05, 4.69) is 36.7 Å². The largest absolute Gasteiger partial charge is 0.456 e. The average Bonchev–Trinajstić information content (AvgIpc) is 2.91. The van der Waals surface area contributed by atoms with Gasteiger partial charge < -0.3 is 4.42 Å². The first-order valence-corrected chi connectivity index (χ1v) is 7.27. The number of rotatable bonds is 2. The van der Waals surface area contributed by atoms with Gasteiger partial charge in [0, 0.05) is 22.5 Å². The third kappa shape index (κ3) is 1.92. The first-order chi connectivity index (χ1) is 10.8.